The first-order valence-corrected chi connectivity index (χ1v) is 9.17. The van der Waals surface area contributed by atoms with Crippen molar-refractivity contribution in [2.75, 3.05) is 12.4 Å². The number of methoxy groups -OCH3 is 1. The van der Waals surface area contributed by atoms with Crippen molar-refractivity contribution in [3.05, 3.63) is 41.5 Å². The van der Waals surface area contributed by atoms with Gasteiger partial charge in [0.05, 0.1) is 24.8 Å². The predicted molar refractivity (Wildman–Crippen MR) is 98.8 cm³/mol. The maximum Gasteiger partial charge on any atom is 0.339 e. The third-order valence-corrected chi connectivity index (χ3v) is 4.53. The van der Waals surface area contributed by atoms with Crippen LogP contribution in [0.4, 0.5) is 5.69 Å². The second-order valence-corrected chi connectivity index (χ2v) is 6.59. The van der Waals surface area contributed by atoms with Gasteiger partial charge in [0.2, 0.25) is 5.91 Å². The maximum absolute atomic E-state index is 12.3. The molecule has 1 aromatic heterocycles. The number of esters is 1. The van der Waals surface area contributed by atoms with E-state index in [1.807, 2.05) is 0 Å². The van der Waals surface area contributed by atoms with E-state index in [0.29, 0.717) is 5.69 Å². The summed E-state index contributed by atoms with van der Waals surface area (Å²) in [4.78, 5) is 40.2. The number of hydrogen-bond acceptors (Lipinski definition) is 7. The summed E-state index contributed by atoms with van der Waals surface area (Å²) in [6.07, 6.45) is 5.05. The molecule has 1 fully saturated rings. The molecule has 9 heteroatoms. The van der Waals surface area contributed by atoms with E-state index >= 15 is 0 Å². The van der Waals surface area contributed by atoms with Crippen LogP contribution in [0.1, 0.15) is 59.0 Å². The lowest BCUT2D eigenvalue weighted by molar-refractivity contribution is -0.115. The van der Waals surface area contributed by atoms with E-state index in [1.165, 1.54) is 13.5 Å². The Balaban J connectivity index is 1.58. The standard InChI is InChI=1S/C19H22N4O5/c1-27-19(26)13-9-5-6-10-14(13)21-16(24)11-15-22-18(28-23-15)17(25)20-12-7-3-2-4-8-12/h5-6,9-10,12H,2-4,7-8,11H2,1H3,(H,20,25)(H,21,24). The normalized spacial score (nSPS) is 14.3. The van der Waals surface area contributed by atoms with Gasteiger partial charge in [-0.15, -0.1) is 0 Å². The second kappa shape index (κ2) is 9.12. The molecule has 0 spiro atoms. The molecule has 2 N–H and O–H groups in total. The minimum Gasteiger partial charge on any atom is -0.465 e. The molecule has 3 rings (SSSR count). The average molecular weight is 386 g/mol. The van der Waals surface area contributed by atoms with Gasteiger partial charge in [0.1, 0.15) is 0 Å². The molecule has 2 aromatic rings. The Bertz CT molecular complexity index is 858. The summed E-state index contributed by atoms with van der Waals surface area (Å²) >= 11 is 0. The Morgan fingerprint density at radius 3 is 2.68 bits per heavy atom. The summed E-state index contributed by atoms with van der Waals surface area (Å²) in [7, 11) is 1.26. The van der Waals surface area contributed by atoms with Crippen LogP contribution < -0.4 is 10.6 Å². The molecule has 1 aliphatic carbocycles. The molecule has 0 aliphatic heterocycles. The van der Waals surface area contributed by atoms with Gasteiger partial charge in [0, 0.05) is 6.04 Å². The van der Waals surface area contributed by atoms with E-state index < -0.39 is 17.8 Å². The van der Waals surface area contributed by atoms with Gasteiger partial charge in [-0.1, -0.05) is 36.6 Å². The van der Waals surface area contributed by atoms with Crippen LogP contribution in [0.5, 0.6) is 0 Å². The Labute approximate surface area is 161 Å². The van der Waals surface area contributed by atoms with Crippen LogP contribution >= 0.6 is 0 Å². The fraction of sp³-hybridized carbons (Fsp3) is 0.421. The van der Waals surface area contributed by atoms with Crippen molar-refractivity contribution < 1.29 is 23.6 Å². The molecular formula is C19H22N4O5. The van der Waals surface area contributed by atoms with Gasteiger partial charge in [0.25, 0.3) is 0 Å². The SMILES string of the molecule is COC(=O)c1ccccc1NC(=O)Cc1noc(C(=O)NC2CCCCC2)n1. The summed E-state index contributed by atoms with van der Waals surface area (Å²) in [5, 5.41) is 9.18. The fourth-order valence-electron chi connectivity index (χ4n) is 3.13. The predicted octanol–water partition coefficient (Wildman–Crippen LogP) is 2.10. The zero-order valence-corrected chi connectivity index (χ0v) is 15.6. The van der Waals surface area contributed by atoms with Crippen molar-refractivity contribution in [3.63, 3.8) is 0 Å². The number of aromatic nitrogens is 2. The van der Waals surface area contributed by atoms with Crippen molar-refractivity contribution in [1.82, 2.24) is 15.5 Å². The van der Waals surface area contributed by atoms with Gasteiger partial charge in [-0.25, -0.2) is 4.79 Å². The minimum atomic E-state index is -0.558. The Kier molecular flexibility index (Phi) is 6.36. The maximum atomic E-state index is 12.3. The summed E-state index contributed by atoms with van der Waals surface area (Å²) in [6, 6.07) is 6.60. The Morgan fingerprint density at radius 2 is 1.93 bits per heavy atom. The largest absolute Gasteiger partial charge is 0.465 e. The Hall–Kier alpha value is -3.23. The number of carbonyl (C=O) groups is 3. The summed E-state index contributed by atoms with van der Waals surface area (Å²) in [5.41, 5.74) is 0.553. The van der Waals surface area contributed by atoms with Crippen LogP contribution in [0.15, 0.2) is 28.8 Å². The number of nitrogens with zero attached hydrogens (tertiary/aromatic N) is 2. The highest BCUT2D eigenvalue weighted by atomic mass is 16.5. The van der Waals surface area contributed by atoms with E-state index in [4.69, 9.17) is 9.26 Å². The van der Waals surface area contributed by atoms with Crippen molar-refractivity contribution in [2.24, 2.45) is 0 Å². The topological polar surface area (TPSA) is 123 Å². The lowest BCUT2D eigenvalue weighted by Crippen LogP contribution is -2.36. The molecule has 1 saturated carbocycles. The summed E-state index contributed by atoms with van der Waals surface area (Å²) < 4.78 is 9.67. The second-order valence-electron chi connectivity index (χ2n) is 6.59. The number of amides is 2. The zero-order chi connectivity index (χ0) is 19.9. The number of benzene rings is 1. The molecule has 1 aliphatic rings. The highest BCUT2D eigenvalue weighted by Gasteiger charge is 2.22. The van der Waals surface area contributed by atoms with Crippen LogP contribution in [-0.2, 0) is 16.0 Å². The first kappa shape index (κ1) is 19.5. The lowest BCUT2D eigenvalue weighted by Gasteiger charge is -2.21. The first-order valence-electron chi connectivity index (χ1n) is 9.17. The molecule has 0 saturated heterocycles. The highest BCUT2D eigenvalue weighted by molar-refractivity contribution is 6.01. The molecule has 0 radical (unpaired) electrons. The number of rotatable bonds is 6. The van der Waals surface area contributed by atoms with Crippen LogP contribution in [0.3, 0.4) is 0 Å². The van der Waals surface area contributed by atoms with E-state index in [-0.39, 0.29) is 29.7 Å². The number of para-hydroxylation sites is 1. The Morgan fingerprint density at radius 1 is 1.18 bits per heavy atom. The van der Waals surface area contributed by atoms with Gasteiger partial charge in [0.15, 0.2) is 5.82 Å². The average Bonchev–Trinajstić information content (AvgIpc) is 3.17. The molecule has 9 nitrogen and oxygen atoms in total. The van der Waals surface area contributed by atoms with E-state index in [2.05, 4.69) is 20.8 Å². The molecule has 0 bridgehead atoms. The smallest absolute Gasteiger partial charge is 0.339 e. The molecule has 28 heavy (non-hydrogen) atoms. The fourth-order valence-corrected chi connectivity index (χ4v) is 3.13. The third kappa shape index (κ3) is 4.93. The van der Waals surface area contributed by atoms with Crippen LogP contribution in [-0.4, -0.2) is 41.1 Å². The van der Waals surface area contributed by atoms with Crippen molar-refractivity contribution in [1.29, 1.82) is 0 Å². The molecule has 148 valence electrons. The molecule has 2 amide bonds. The summed E-state index contributed by atoms with van der Waals surface area (Å²) in [6.45, 7) is 0. The van der Waals surface area contributed by atoms with Crippen molar-refractivity contribution in [2.45, 2.75) is 44.6 Å². The van der Waals surface area contributed by atoms with Gasteiger partial charge in [-0.2, -0.15) is 4.98 Å². The number of carbonyl (C=O) groups excluding carboxylic acids is 3. The van der Waals surface area contributed by atoms with Crippen LogP contribution in [0.25, 0.3) is 0 Å². The number of anilines is 1. The number of nitrogens with one attached hydrogen (secondary N) is 2. The molecule has 1 heterocycles. The molecule has 1 aromatic carbocycles. The van der Waals surface area contributed by atoms with Crippen LogP contribution in [0.2, 0.25) is 0 Å². The monoisotopic (exact) mass is 386 g/mol. The van der Waals surface area contributed by atoms with Gasteiger partial charge < -0.3 is 19.9 Å². The van der Waals surface area contributed by atoms with E-state index in [0.717, 1.165) is 25.7 Å². The number of ether oxygens (including phenoxy) is 1. The molecule has 0 unspecified atom stereocenters. The van der Waals surface area contributed by atoms with Gasteiger partial charge in [-0.05, 0) is 25.0 Å². The lowest BCUT2D eigenvalue weighted by atomic mass is 9.95. The summed E-state index contributed by atoms with van der Waals surface area (Å²) in [5.74, 6) is -1.51. The van der Waals surface area contributed by atoms with E-state index in [9.17, 15) is 14.4 Å². The quantitative estimate of drug-likeness (QED) is 0.729. The van der Waals surface area contributed by atoms with E-state index in [1.54, 1.807) is 24.3 Å². The van der Waals surface area contributed by atoms with Gasteiger partial charge >= 0.3 is 17.8 Å². The van der Waals surface area contributed by atoms with Crippen molar-refractivity contribution >= 4 is 23.5 Å². The zero-order valence-electron chi connectivity index (χ0n) is 15.6. The highest BCUT2D eigenvalue weighted by Crippen LogP contribution is 2.18. The minimum absolute atomic E-state index is 0.0850. The molecular weight excluding hydrogens is 364 g/mol. The number of hydrogen-bond donors (Lipinski definition) is 2. The third-order valence-electron chi connectivity index (χ3n) is 4.53. The first-order chi connectivity index (χ1) is 13.6. The van der Waals surface area contributed by atoms with Crippen molar-refractivity contribution in [3.8, 4) is 0 Å². The van der Waals surface area contributed by atoms with Crippen LogP contribution in [0, 0.1) is 0 Å². The van der Waals surface area contributed by atoms with Gasteiger partial charge in [-0.3, -0.25) is 9.59 Å². The molecule has 0 atom stereocenters.